The average Bonchev–Trinajstić information content (AvgIpc) is 2.65. The zero-order chi connectivity index (χ0) is 11.4. The number of hydrogen-bond donors (Lipinski definition) is 1. The molecule has 1 aromatic heterocycles. The minimum absolute atomic E-state index is 0.447. The maximum absolute atomic E-state index is 5.54. The number of likely N-dealkylation sites (tertiary alicyclic amines) is 1. The monoisotopic (exact) mass is 222 g/mol. The fraction of sp³-hybridized carbons (Fsp3) is 0.636. The Morgan fingerprint density at radius 1 is 1.56 bits per heavy atom. The second-order valence-electron chi connectivity index (χ2n) is 4.19. The first kappa shape index (κ1) is 11.1. The van der Waals surface area contributed by atoms with Crippen molar-refractivity contribution in [2.24, 2.45) is 0 Å². The van der Waals surface area contributed by atoms with E-state index >= 15 is 0 Å². The third kappa shape index (κ3) is 2.82. The summed E-state index contributed by atoms with van der Waals surface area (Å²) in [6.07, 6.45) is 5.03. The van der Waals surface area contributed by atoms with Gasteiger partial charge in [-0.2, -0.15) is 0 Å². The van der Waals surface area contributed by atoms with E-state index in [0.29, 0.717) is 24.3 Å². The molecule has 5 heteroatoms. The van der Waals surface area contributed by atoms with Gasteiger partial charge in [0.2, 0.25) is 5.88 Å². The Kier molecular flexibility index (Phi) is 3.56. The highest BCUT2D eigenvalue weighted by atomic mass is 16.5. The van der Waals surface area contributed by atoms with E-state index in [9.17, 15) is 0 Å². The van der Waals surface area contributed by atoms with Crippen molar-refractivity contribution in [3.8, 4) is 5.88 Å². The van der Waals surface area contributed by atoms with E-state index in [2.05, 4.69) is 21.9 Å². The van der Waals surface area contributed by atoms with Crippen LogP contribution in [0, 0.1) is 0 Å². The van der Waals surface area contributed by atoms with Crippen LogP contribution in [0.2, 0.25) is 0 Å². The summed E-state index contributed by atoms with van der Waals surface area (Å²) in [4.78, 5) is 10.2. The van der Waals surface area contributed by atoms with Gasteiger partial charge >= 0.3 is 0 Å². The first-order chi connectivity index (χ1) is 7.75. The molecule has 0 amide bonds. The van der Waals surface area contributed by atoms with E-state index in [-0.39, 0.29) is 0 Å². The molecule has 0 spiro atoms. The van der Waals surface area contributed by atoms with Crippen LogP contribution >= 0.6 is 0 Å². The van der Waals surface area contributed by atoms with Gasteiger partial charge in [0, 0.05) is 12.1 Å². The molecule has 1 fully saturated rings. The zero-order valence-electron chi connectivity index (χ0n) is 9.59. The van der Waals surface area contributed by atoms with Crippen LogP contribution in [-0.2, 0) is 0 Å². The Bertz CT molecular complexity index is 345. The average molecular weight is 222 g/mol. The fourth-order valence-corrected chi connectivity index (χ4v) is 2.08. The van der Waals surface area contributed by atoms with Crippen LogP contribution in [0.15, 0.2) is 12.4 Å². The molecule has 1 aliphatic heterocycles. The van der Waals surface area contributed by atoms with Gasteiger partial charge in [-0.05, 0) is 32.9 Å². The van der Waals surface area contributed by atoms with Crippen LogP contribution in [0.3, 0.4) is 0 Å². The molecule has 1 saturated heterocycles. The summed E-state index contributed by atoms with van der Waals surface area (Å²) in [5.41, 5.74) is 5.54. The maximum Gasteiger partial charge on any atom is 0.218 e. The lowest BCUT2D eigenvalue weighted by molar-refractivity contribution is 0.228. The molecule has 5 nitrogen and oxygen atoms in total. The standard InChI is InChI=1S/C11H18N4O/c1-15-5-2-3-9(15)4-6-16-11-7-10(12)13-8-14-11/h7-9H,2-6H2,1H3,(H2,12,13,14). The molecular formula is C11H18N4O. The van der Waals surface area contributed by atoms with Crippen molar-refractivity contribution in [1.82, 2.24) is 14.9 Å². The summed E-state index contributed by atoms with van der Waals surface area (Å²) < 4.78 is 5.54. The van der Waals surface area contributed by atoms with E-state index in [1.807, 2.05) is 0 Å². The van der Waals surface area contributed by atoms with Gasteiger partial charge in [-0.1, -0.05) is 0 Å². The number of nitrogen functional groups attached to an aromatic ring is 1. The predicted molar refractivity (Wildman–Crippen MR) is 62.2 cm³/mol. The minimum Gasteiger partial charge on any atom is -0.477 e. The van der Waals surface area contributed by atoms with Gasteiger partial charge in [0.1, 0.15) is 12.1 Å². The van der Waals surface area contributed by atoms with Crippen molar-refractivity contribution in [3.05, 3.63) is 12.4 Å². The van der Waals surface area contributed by atoms with Gasteiger partial charge in [-0.15, -0.1) is 0 Å². The van der Waals surface area contributed by atoms with E-state index < -0.39 is 0 Å². The summed E-state index contributed by atoms with van der Waals surface area (Å²) in [5, 5.41) is 0. The summed E-state index contributed by atoms with van der Waals surface area (Å²) in [5.74, 6) is 1.01. The topological polar surface area (TPSA) is 64.3 Å². The quantitative estimate of drug-likeness (QED) is 0.820. The molecule has 2 rings (SSSR count). The number of rotatable bonds is 4. The van der Waals surface area contributed by atoms with Gasteiger partial charge in [0.15, 0.2) is 0 Å². The second kappa shape index (κ2) is 5.12. The molecule has 16 heavy (non-hydrogen) atoms. The SMILES string of the molecule is CN1CCCC1CCOc1cc(N)ncn1. The van der Waals surface area contributed by atoms with Gasteiger partial charge < -0.3 is 15.4 Å². The lowest BCUT2D eigenvalue weighted by atomic mass is 10.1. The Morgan fingerprint density at radius 3 is 3.12 bits per heavy atom. The largest absolute Gasteiger partial charge is 0.477 e. The zero-order valence-corrected chi connectivity index (χ0v) is 9.59. The van der Waals surface area contributed by atoms with E-state index in [0.717, 1.165) is 6.42 Å². The molecule has 88 valence electrons. The maximum atomic E-state index is 5.54. The lowest BCUT2D eigenvalue weighted by Crippen LogP contribution is -2.26. The third-order valence-electron chi connectivity index (χ3n) is 3.04. The van der Waals surface area contributed by atoms with Gasteiger partial charge in [0.25, 0.3) is 0 Å². The molecule has 0 aliphatic carbocycles. The molecule has 1 atom stereocenters. The molecule has 2 N–H and O–H groups in total. The smallest absolute Gasteiger partial charge is 0.218 e. The number of anilines is 1. The number of ether oxygens (including phenoxy) is 1. The van der Waals surface area contributed by atoms with Crippen LogP contribution in [0.5, 0.6) is 5.88 Å². The lowest BCUT2D eigenvalue weighted by Gasteiger charge is -2.18. The summed E-state index contributed by atoms with van der Waals surface area (Å²) >= 11 is 0. The van der Waals surface area contributed by atoms with Crippen molar-refractivity contribution in [2.45, 2.75) is 25.3 Å². The van der Waals surface area contributed by atoms with E-state index in [4.69, 9.17) is 10.5 Å². The van der Waals surface area contributed by atoms with E-state index in [1.54, 1.807) is 6.07 Å². The van der Waals surface area contributed by atoms with Crippen molar-refractivity contribution in [1.29, 1.82) is 0 Å². The van der Waals surface area contributed by atoms with Crippen LogP contribution in [0.4, 0.5) is 5.82 Å². The second-order valence-corrected chi connectivity index (χ2v) is 4.19. The molecule has 2 heterocycles. The highest BCUT2D eigenvalue weighted by Gasteiger charge is 2.20. The Balaban J connectivity index is 1.75. The van der Waals surface area contributed by atoms with Crippen LogP contribution in [-0.4, -0.2) is 41.1 Å². The van der Waals surface area contributed by atoms with Crippen molar-refractivity contribution < 1.29 is 4.74 Å². The fourth-order valence-electron chi connectivity index (χ4n) is 2.08. The normalized spacial score (nSPS) is 21.2. The highest BCUT2D eigenvalue weighted by molar-refractivity contribution is 5.30. The van der Waals surface area contributed by atoms with Crippen molar-refractivity contribution in [3.63, 3.8) is 0 Å². The molecule has 1 aromatic rings. The molecule has 0 saturated carbocycles. The highest BCUT2D eigenvalue weighted by Crippen LogP contribution is 2.18. The number of aromatic nitrogens is 2. The van der Waals surface area contributed by atoms with Crippen LogP contribution < -0.4 is 10.5 Å². The minimum atomic E-state index is 0.447. The number of nitrogens with zero attached hydrogens (tertiary/aromatic N) is 3. The first-order valence-electron chi connectivity index (χ1n) is 5.66. The Labute approximate surface area is 95.6 Å². The van der Waals surface area contributed by atoms with Crippen molar-refractivity contribution in [2.75, 3.05) is 25.9 Å². The first-order valence-corrected chi connectivity index (χ1v) is 5.66. The molecule has 0 aromatic carbocycles. The third-order valence-corrected chi connectivity index (χ3v) is 3.04. The molecule has 0 radical (unpaired) electrons. The molecule has 1 unspecified atom stereocenters. The Morgan fingerprint density at radius 2 is 2.44 bits per heavy atom. The summed E-state index contributed by atoms with van der Waals surface area (Å²) in [6.45, 7) is 1.89. The van der Waals surface area contributed by atoms with Crippen LogP contribution in [0.1, 0.15) is 19.3 Å². The van der Waals surface area contributed by atoms with E-state index in [1.165, 1.54) is 25.7 Å². The number of hydrogen-bond acceptors (Lipinski definition) is 5. The van der Waals surface area contributed by atoms with Gasteiger partial charge in [-0.3, -0.25) is 0 Å². The number of nitrogens with two attached hydrogens (primary N) is 1. The predicted octanol–water partition coefficient (Wildman–Crippen LogP) is 0.922. The summed E-state index contributed by atoms with van der Waals surface area (Å²) in [7, 11) is 2.17. The molecule has 1 aliphatic rings. The summed E-state index contributed by atoms with van der Waals surface area (Å²) in [6, 6.07) is 2.30. The van der Waals surface area contributed by atoms with Crippen molar-refractivity contribution >= 4 is 5.82 Å². The van der Waals surface area contributed by atoms with Gasteiger partial charge in [-0.25, -0.2) is 9.97 Å². The molecule has 0 bridgehead atoms. The Hall–Kier alpha value is -1.36. The van der Waals surface area contributed by atoms with Gasteiger partial charge in [0.05, 0.1) is 6.61 Å². The molecular weight excluding hydrogens is 204 g/mol. The van der Waals surface area contributed by atoms with Crippen LogP contribution in [0.25, 0.3) is 0 Å².